The van der Waals surface area contributed by atoms with E-state index in [-0.39, 0.29) is 5.75 Å². The molecular weight excluding hydrogens is 247 g/mol. The number of aliphatic hydroxyl groups excluding tert-OH is 1. The van der Waals surface area contributed by atoms with Crippen molar-refractivity contribution in [2.75, 3.05) is 6.61 Å². The van der Waals surface area contributed by atoms with Gasteiger partial charge < -0.3 is 14.4 Å². The minimum absolute atomic E-state index is 0.218. The van der Waals surface area contributed by atoms with Crippen LogP contribution in [0, 0.1) is 5.82 Å². The van der Waals surface area contributed by atoms with Crippen LogP contribution in [0.3, 0.4) is 0 Å². The molecule has 0 saturated heterocycles. The van der Waals surface area contributed by atoms with Gasteiger partial charge in [0.2, 0.25) is 0 Å². The summed E-state index contributed by atoms with van der Waals surface area (Å²) >= 11 is 0. The molecule has 0 bridgehead atoms. The summed E-state index contributed by atoms with van der Waals surface area (Å²) in [5.74, 6) is -0.226. The fourth-order valence-electron chi connectivity index (χ4n) is 1.74. The summed E-state index contributed by atoms with van der Waals surface area (Å²) in [5.41, 5.74) is 0.545. The van der Waals surface area contributed by atoms with E-state index in [2.05, 4.69) is 4.98 Å². The van der Waals surface area contributed by atoms with Crippen LogP contribution in [0.1, 0.15) is 25.0 Å². The zero-order valence-electron chi connectivity index (χ0n) is 10.8. The van der Waals surface area contributed by atoms with Gasteiger partial charge in [-0.25, -0.2) is 9.37 Å². The Balaban J connectivity index is 1.82. The number of hydrogen-bond donors (Lipinski definition) is 1. The van der Waals surface area contributed by atoms with E-state index in [9.17, 15) is 9.50 Å². The van der Waals surface area contributed by atoms with E-state index in [1.165, 1.54) is 6.07 Å². The highest BCUT2D eigenvalue weighted by Gasteiger charge is 2.07. The highest BCUT2D eigenvalue weighted by Crippen LogP contribution is 2.22. The summed E-state index contributed by atoms with van der Waals surface area (Å²) in [6.07, 6.45) is 5.42. The first-order chi connectivity index (χ1) is 9.16. The molecule has 2 rings (SSSR count). The van der Waals surface area contributed by atoms with E-state index >= 15 is 0 Å². The third-order valence-electron chi connectivity index (χ3n) is 2.82. The van der Waals surface area contributed by atoms with Crippen LogP contribution in [0.15, 0.2) is 36.9 Å². The van der Waals surface area contributed by atoms with Crippen molar-refractivity contribution in [2.45, 2.75) is 26.0 Å². The molecule has 0 aliphatic rings. The van der Waals surface area contributed by atoms with Gasteiger partial charge in [0.15, 0.2) is 11.6 Å². The van der Waals surface area contributed by atoms with Crippen LogP contribution in [0.5, 0.6) is 5.75 Å². The van der Waals surface area contributed by atoms with Crippen LogP contribution in [-0.4, -0.2) is 21.3 Å². The van der Waals surface area contributed by atoms with Gasteiger partial charge in [-0.3, -0.25) is 0 Å². The van der Waals surface area contributed by atoms with Gasteiger partial charge in [-0.1, -0.05) is 6.07 Å². The maximum absolute atomic E-state index is 13.7. The smallest absolute Gasteiger partial charge is 0.165 e. The monoisotopic (exact) mass is 264 g/mol. The molecule has 4 nitrogen and oxygen atoms in total. The van der Waals surface area contributed by atoms with Crippen molar-refractivity contribution in [1.82, 2.24) is 9.55 Å². The minimum atomic E-state index is -0.676. The third kappa shape index (κ3) is 3.79. The van der Waals surface area contributed by atoms with Gasteiger partial charge in [-0.05, 0) is 31.0 Å². The van der Waals surface area contributed by atoms with Crippen molar-refractivity contribution in [3.63, 3.8) is 0 Å². The minimum Gasteiger partial charge on any atom is -0.490 e. The van der Waals surface area contributed by atoms with Crippen LogP contribution in [-0.2, 0) is 6.54 Å². The van der Waals surface area contributed by atoms with E-state index in [0.29, 0.717) is 12.2 Å². The Morgan fingerprint density at radius 1 is 1.47 bits per heavy atom. The summed E-state index contributed by atoms with van der Waals surface area (Å²) in [6, 6.07) is 4.52. The Kier molecular flexibility index (Phi) is 4.52. The number of benzene rings is 1. The van der Waals surface area contributed by atoms with Crippen molar-refractivity contribution in [3.05, 3.63) is 48.3 Å². The first kappa shape index (κ1) is 13.5. The van der Waals surface area contributed by atoms with E-state index in [1.807, 2.05) is 10.8 Å². The molecule has 0 saturated carbocycles. The van der Waals surface area contributed by atoms with Gasteiger partial charge in [0.05, 0.1) is 19.0 Å². The normalized spacial score (nSPS) is 12.4. The van der Waals surface area contributed by atoms with Crippen LogP contribution in [0.4, 0.5) is 4.39 Å². The molecule has 19 heavy (non-hydrogen) atoms. The summed E-state index contributed by atoms with van der Waals surface area (Å²) in [7, 11) is 0. The molecule has 5 heteroatoms. The highest BCUT2D eigenvalue weighted by molar-refractivity contribution is 5.30. The van der Waals surface area contributed by atoms with E-state index in [1.54, 1.807) is 31.6 Å². The van der Waals surface area contributed by atoms with Gasteiger partial charge in [0, 0.05) is 18.9 Å². The molecule has 102 valence electrons. The Morgan fingerprint density at radius 2 is 2.32 bits per heavy atom. The molecular formula is C14H17FN2O2. The van der Waals surface area contributed by atoms with Crippen molar-refractivity contribution in [1.29, 1.82) is 0 Å². The fraction of sp³-hybridized carbons (Fsp3) is 0.357. The molecule has 1 N–H and O–H groups in total. The molecule has 1 aromatic carbocycles. The molecule has 1 atom stereocenters. The topological polar surface area (TPSA) is 47.3 Å². The van der Waals surface area contributed by atoms with Gasteiger partial charge in [-0.15, -0.1) is 0 Å². The average molecular weight is 264 g/mol. The second kappa shape index (κ2) is 6.33. The van der Waals surface area contributed by atoms with E-state index in [4.69, 9.17) is 4.74 Å². The van der Waals surface area contributed by atoms with Gasteiger partial charge in [-0.2, -0.15) is 0 Å². The number of rotatable bonds is 6. The molecule has 0 spiro atoms. The quantitative estimate of drug-likeness (QED) is 0.816. The van der Waals surface area contributed by atoms with Crippen molar-refractivity contribution in [3.8, 4) is 5.75 Å². The molecule has 2 aromatic rings. The SMILES string of the molecule is C[C@@H](O)c1ccc(OCCCn2ccnc2)c(F)c1. The lowest BCUT2D eigenvalue weighted by atomic mass is 10.1. The van der Waals surface area contributed by atoms with Crippen molar-refractivity contribution >= 4 is 0 Å². The first-order valence-corrected chi connectivity index (χ1v) is 6.23. The number of nitrogens with zero attached hydrogens (tertiary/aromatic N) is 2. The molecule has 0 amide bonds. The second-order valence-electron chi connectivity index (χ2n) is 4.37. The summed E-state index contributed by atoms with van der Waals surface area (Å²) in [6.45, 7) is 2.82. The average Bonchev–Trinajstić information content (AvgIpc) is 2.89. The Labute approximate surface area is 111 Å². The number of ether oxygens (including phenoxy) is 1. The van der Waals surface area contributed by atoms with Crippen LogP contribution in [0.25, 0.3) is 0 Å². The lowest BCUT2D eigenvalue weighted by molar-refractivity contribution is 0.198. The highest BCUT2D eigenvalue weighted by atomic mass is 19.1. The number of aryl methyl sites for hydroxylation is 1. The van der Waals surface area contributed by atoms with E-state index in [0.717, 1.165) is 13.0 Å². The third-order valence-corrected chi connectivity index (χ3v) is 2.82. The van der Waals surface area contributed by atoms with Gasteiger partial charge in [0.1, 0.15) is 0 Å². The molecule has 1 heterocycles. The number of imidazole rings is 1. The van der Waals surface area contributed by atoms with Crippen molar-refractivity contribution in [2.24, 2.45) is 0 Å². The fourth-order valence-corrected chi connectivity index (χ4v) is 1.74. The molecule has 1 aromatic heterocycles. The van der Waals surface area contributed by atoms with Crippen molar-refractivity contribution < 1.29 is 14.2 Å². The molecule has 0 unspecified atom stereocenters. The molecule has 0 aliphatic heterocycles. The summed E-state index contributed by atoms with van der Waals surface area (Å²) in [5, 5.41) is 9.34. The van der Waals surface area contributed by atoms with Crippen LogP contribution < -0.4 is 4.74 Å². The van der Waals surface area contributed by atoms with Gasteiger partial charge >= 0.3 is 0 Å². The summed E-state index contributed by atoms with van der Waals surface area (Å²) < 4.78 is 21.0. The number of halogens is 1. The number of hydrogen-bond acceptors (Lipinski definition) is 3. The second-order valence-corrected chi connectivity index (χ2v) is 4.37. The van der Waals surface area contributed by atoms with Gasteiger partial charge in [0.25, 0.3) is 0 Å². The summed E-state index contributed by atoms with van der Waals surface area (Å²) in [4.78, 5) is 3.94. The standard InChI is InChI=1S/C14H17FN2O2/c1-11(18)12-3-4-14(13(15)9-12)19-8-2-6-17-7-5-16-10-17/h3-5,7,9-11,18H,2,6,8H2,1H3/t11-/m1/s1. The Hall–Kier alpha value is -1.88. The largest absolute Gasteiger partial charge is 0.490 e. The maximum atomic E-state index is 13.7. The molecule has 0 fully saturated rings. The van der Waals surface area contributed by atoms with Crippen LogP contribution in [0.2, 0.25) is 0 Å². The Morgan fingerprint density at radius 3 is 2.95 bits per heavy atom. The predicted octanol–water partition coefficient (Wildman–Crippen LogP) is 2.54. The number of aliphatic hydroxyl groups is 1. The predicted molar refractivity (Wildman–Crippen MR) is 69.4 cm³/mol. The molecule has 0 radical (unpaired) electrons. The van der Waals surface area contributed by atoms with Crippen LogP contribution >= 0.6 is 0 Å². The lowest BCUT2D eigenvalue weighted by Crippen LogP contribution is -2.04. The lowest BCUT2D eigenvalue weighted by Gasteiger charge is -2.10. The maximum Gasteiger partial charge on any atom is 0.165 e. The molecule has 0 aliphatic carbocycles. The Bertz CT molecular complexity index is 512. The zero-order chi connectivity index (χ0) is 13.7. The zero-order valence-corrected chi connectivity index (χ0v) is 10.8. The van der Waals surface area contributed by atoms with E-state index < -0.39 is 11.9 Å². The number of aromatic nitrogens is 2. The first-order valence-electron chi connectivity index (χ1n) is 6.23.